The van der Waals surface area contributed by atoms with E-state index in [1.807, 2.05) is 0 Å². The Morgan fingerprint density at radius 3 is 2.29 bits per heavy atom. The van der Waals surface area contributed by atoms with Gasteiger partial charge in [0, 0.05) is 4.83 Å². The fourth-order valence-corrected chi connectivity index (χ4v) is 2.50. The van der Waals surface area contributed by atoms with Crippen molar-refractivity contribution in [2.24, 2.45) is 11.8 Å². The fraction of sp³-hybridized carbons (Fsp3) is 0.846. The van der Waals surface area contributed by atoms with E-state index in [1.54, 1.807) is 0 Å². The molecular weight excluding hydrogens is 236 g/mol. The molecule has 1 saturated carbocycles. The van der Waals surface area contributed by atoms with Gasteiger partial charge in [-0.1, -0.05) is 53.8 Å². The second-order valence-corrected chi connectivity index (χ2v) is 6.16. The van der Waals surface area contributed by atoms with E-state index in [-0.39, 0.29) is 0 Å². The molecule has 0 N–H and O–H groups in total. The Bertz CT molecular complexity index is 187. The maximum Gasteiger partial charge on any atom is 0.0323 e. The summed E-state index contributed by atoms with van der Waals surface area (Å²) in [5.74, 6) is 1.72. The Labute approximate surface area is 97.3 Å². The summed E-state index contributed by atoms with van der Waals surface area (Å²) in [6.07, 6.45) is 9.72. The van der Waals surface area contributed by atoms with Crippen LogP contribution < -0.4 is 0 Å². The number of hydrogen-bond donors (Lipinski definition) is 0. The second kappa shape index (κ2) is 5.95. The van der Waals surface area contributed by atoms with Crippen LogP contribution in [0, 0.1) is 11.8 Å². The molecule has 14 heavy (non-hydrogen) atoms. The molecule has 0 spiro atoms. The van der Waals surface area contributed by atoms with Gasteiger partial charge in [-0.05, 0) is 38.5 Å². The lowest BCUT2D eigenvalue weighted by atomic mass is 9.80. The highest BCUT2D eigenvalue weighted by Gasteiger charge is 2.18. The van der Waals surface area contributed by atoms with Crippen LogP contribution in [-0.2, 0) is 0 Å². The predicted octanol–water partition coefficient (Wildman–Crippen LogP) is 4.93. The molecule has 1 fully saturated rings. The van der Waals surface area contributed by atoms with Crippen LogP contribution in [0.2, 0.25) is 0 Å². The summed E-state index contributed by atoms with van der Waals surface area (Å²) in [6.45, 7) is 6.83. The third kappa shape index (κ3) is 3.76. The van der Waals surface area contributed by atoms with Gasteiger partial charge in [0.05, 0.1) is 0 Å². The summed E-state index contributed by atoms with van der Waals surface area (Å²) in [7, 11) is 0. The van der Waals surface area contributed by atoms with Gasteiger partial charge in [0.2, 0.25) is 0 Å². The van der Waals surface area contributed by atoms with Crippen LogP contribution in [0.1, 0.15) is 52.9 Å². The van der Waals surface area contributed by atoms with Crippen molar-refractivity contribution in [3.05, 3.63) is 11.6 Å². The van der Waals surface area contributed by atoms with E-state index in [4.69, 9.17) is 0 Å². The van der Waals surface area contributed by atoms with Gasteiger partial charge < -0.3 is 0 Å². The second-order valence-electron chi connectivity index (χ2n) is 4.78. The van der Waals surface area contributed by atoms with Crippen molar-refractivity contribution in [3.63, 3.8) is 0 Å². The molecule has 1 heteroatoms. The van der Waals surface area contributed by atoms with E-state index in [0.717, 1.165) is 11.8 Å². The lowest BCUT2D eigenvalue weighted by molar-refractivity contribution is 0.299. The molecule has 0 nitrogen and oxygen atoms in total. The van der Waals surface area contributed by atoms with E-state index in [0.29, 0.717) is 4.83 Å². The molecule has 0 bridgehead atoms. The van der Waals surface area contributed by atoms with Gasteiger partial charge in [-0.15, -0.1) is 0 Å². The minimum Gasteiger partial charge on any atom is -0.0846 e. The highest BCUT2D eigenvalue weighted by Crippen LogP contribution is 2.31. The van der Waals surface area contributed by atoms with Crippen LogP contribution in [0.15, 0.2) is 11.6 Å². The SMILES string of the molecule is C/C(=C\C(C)C1CCCCC1)C(C)Br. The number of allylic oxidation sites excluding steroid dienone is 2. The van der Waals surface area contributed by atoms with Gasteiger partial charge in [-0.2, -0.15) is 0 Å². The van der Waals surface area contributed by atoms with Gasteiger partial charge in [0.15, 0.2) is 0 Å². The molecule has 82 valence electrons. The van der Waals surface area contributed by atoms with E-state index in [9.17, 15) is 0 Å². The topological polar surface area (TPSA) is 0 Å². The van der Waals surface area contributed by atoms with Crippen LogP contribution in [0.5, 0.6) is 0 Å². The minimum atomic E-state index is 0.536. The Balaban J connectivity index is 2.47. The molecule has 1 rings (SSSR count). The zero-order chi connectivity index (χ0) is 10.6. The van der Waals surface area contributed by atoms with Gasteiger partial charge >= 0.3 is 0 Å². The molecule has 2 unspecified atom stereocenters. The molecule has 0 aliphatic heterocycles. The minimum absolute atomic E-state index is 0.536. The molecule has 2 atom stereocenters. The van der Waals surface area contributed by atoms with Crippen molar-refractivity contribution in [1.82, 2.24) is 0 Å². The first-order chi connectivity index (χ1) is 6.61. The maximum atomic E-state index is 3.62. The Kier molecular flexibility index (Phi) is 5.22. The normalized spacial score (nSPS) is 24.7. The molecule has 0 amide bonds. The summed E-state index contributed by atoms with van der Waals surface area (Å²) >= 11 is 3.62. The molecule has 1 aliphatic carbocycles. The molecule has 0 radical (unpaired) electrons. The number of hydrogen-bond acceptors (Lipinski definition) is 0. The average molecular weight is 259 g/mol. The maximum absolute atomic E-state index is 3.62. The molecule has 0 saturated heterocycles. The van der Waals surface area contributed by atoms with E-state index >= 15 is 0 Å². The van der Waals surface area contributed by atoms with E-state index in [2.05, 4.69) is 42.8 Å². The first-order valence-electron chi connectivity index (χ1n) is 5.93. The summed E-state index contributed by atoms with van der Waals surface area (Å²) in [5.41, 5.74) is 1.49. The molecule has 0 aromatic carbocycles. The third-order valence-corrected chi connectivity index (χ3v) is 4.27. The van der Waals surface area contributed by atoms with Crippen LogP contribution in [0.25, 0.3) is 0 Å². The monoisotopic (exact) mass is 258 g/mol. The van der Waals surface area contributed by atoms with Gasteiger partial charge in [0.1, 0.15) is 0 Å². The zero-order valence-corrected chi connectivity index (χ0v) is 11.3. The summed E-state index contributed by atoms with van der Waals surface area (Å²) in [5, 5.41) is 0. The number of alkyl halides is 1. The highest BCUT2D eigenvalue weighted by molar-refractivity contribution is 9.09. The van der Waals surface area contributed by atoms with Gasteiger partial charge in [0.25, 0.3) is 0 Å². The van der Waals surface area contributed by atoms with Crippen molar-refractivity contribution < 1.29 is 0 Å². The number of halogens is 1. The largest absolute Gasteiger partial charge is 0.0846 e. The van der Waals surface area contributed by atoms with Crippen molar-refractivity contribution in [1.29, 1.82) is 0 Å². The third-order valence-electron chi connectivity index (χ3n) is 3.55. The smallest absolute Gasteiger partial charge is 0.0323 e. The highest BCUT2D eigenvalue weighted by atomic mass is 79.9. The van der Waals surface area contributed by atoms with Crippen molar-refractivity contribution in [3.8, 4) is 0 Å². The van der Waals surface area contributed by atoms with Gasteiger partial charge in [-0.25, -0.2) is 0 Å². The van der Waals surface area contributed by atoms with Crippen molar-refractivity contribution >= 4 is 15.9 Å². The van der Waals surface area contributed by atoms with E-state index in [1.165, 1.54) is 37.7 Å². The zero-order valence-electron chi connectivity index (χ0n) is 9.72. The molecular formula is C13H23Br. The first-order valence-corrected chi connectivity index (χ1v) is 6.85. The number of rotatable bonds is 3. The quantitative estimate of drug-likeness (QED) is 0.498. The molecule has 0 aromatic rings. The van der Waals surface area contributed by atoms with Crippen LogP contribution in [-0.4, -0.2) is 4.83 Å². The van der Waals surface area contributed by atoms with Crippen LogP contribution in [0.3, 0.4) is 0 Å². The van der Waals surface area contributed by atoms with E-state index < -0.39 is 0 Å². The molecule has 0 aromatic heterocycles. The van der Waals surface area contributed by atoms with Crippen LogP contribution in [0.4, 0.5) is 0 Å². The summed E-state index contributed by atoms with van der Waals surface area (Å²) in [4.78, 5) is 0.536. The summed E-state index contributed by atoms with van der Waals surface area (Å²) < 4.78 is 0. The van der Waals surface area contributed by atoms with Crippen LogP contribution >= 0.6 is 15.9 Å². The molecule has 0 heterocycles. The predicted molar refractivity (Wildman–Crippen MR) is 67.9 cm³/mol. The Morgan fingerprint density at radius 2 is 1.79 bits per heavy atom. The van der Waals surface area contributed by atoms with Gasteiger partial charge in [-0.3, -0.25) is 0 Å². The standard InChI is InChI=1S/C13H23Br/c1-10(12(3)14)9-11(2)13-7-5-4-6-8-13/h9,11-13H,4-8H2,1-3H3/b10-9+. The first kappa shape index (κ1) is 12.3. The summed E-state index contributed by atoms with van der Waals surface area (Å²) in [6, 6.07) is 0. The molecule has 1 aliphatic rings. The lowest BCUT2D eigenvalue weighted by Gasteiger charge is -2.26. The fourth-order valence-electron chi connectivity index (χ4n) is 2.34. The van der Waals surface area contributed by atoms with Crippen molar-refractivity contribution in [2.45, 2.75) is 57.7 Å². The van der Waals surface area contributed by atoms with Crippen molar-refractivity contribution in [2.75, 3.05) is 0 Å². The Hall–Kier alpha value is 0.220. The Morgan fingerprint density at radius 1 is 1.21 bits per heavy atom. The lowest BCUT2D eigenvalue weighted by Crippen LogP contribution is -2.14. The average Bonchev–Trinajstić information content (AvgIpc) is 2.19.